The Morgan fingerprint density at radius 1 is 1.30 bits per heavy atom. The summed E-state index contributed by atoms with van der Waals surface area (Å²) in [5.74, 6) is -5.12. The van der Waals surface area contributed by atoms with Gasteiger partial charge in [0.25, 0.3) is 5.91 Å². The van der Waals surface area contributed by atoms with Crippen LogP contribution in [-0.2, 0) is 6.54 Å². The van der Waals surface area contributed by atoms with E-state index in [1.54, 1.807) is 0 Å². The molecule has 2 nitrogen and oxygen atoms in total. The number of benzene rings is 1. The van der Waals surface area contributed by atoms with Crippen LogP contribution in [0.4, 0.5) is 13.2 Å². The van der Waals surface area contributed by atoms with E-state index in [2.05, 4.69) is 15.9 Å². The summed E-state index contributed by atoms with van der Waals surface area (Å²) >= 11 is 4.75. The summed E-state index contributed by atoms with van der Waals surface area (Å²) in [5, 5.41) is 1.84. The second-order valence-electron chi connectivity index (χ2n) is 4.14. The molecule has 1 aromatic heterocycles. The molecule has 7 heteroatoms. The van der Waals surface area contributed by atoms with Gasteiger partial charge in [0.05, 0.1) is 9.35 Å². The van der Waals surface area contributed by atoms with E-state index < -0.39 is 28.9 Å². The zero-order valence-corrected chi connectivity index (χ0v) is 12.7. The Bertz CT molecular complexity index is 659. The highest BCUT2D eigenvalue weighted by molar-refractivity contribution is 9.11. The SMILES string of the molecule is CN(Cc1csc(Br)c1)C(=O)c1ccc(F)c(F)c1F. The van der Waals surface area contributed by atoms with E-state index in [9.17, 15) is 18.0 Å². The molecule has 20 heavy (non-hydrogen) atoms. The average Bonchev–Trinajstić information content (AvgIpc) is 2.81. The molecule has 1 amide bonds. The van der Waals surface area contributed by atoms with Crippen LogP contribution in [-0.4, -0.2) is 17.9 Å². The van der Waals surface area contributed by atoms with Gasteiger partial charge in [-0.05, 0) is 45.1 Å². The van der Waals surface area contributed by atoms with E-state index in [-0.39, 0.29) is 6.54 Å². The minimum absolute atomic E-state index is 0.249. The van der Waals surface area contributed by atoms with Gasteiger partial charge in [-0.1, -0.05) is 0 Å². The fraction of sp³-hybridized carbons (Fsp3) is 0.154. The molecule has 0 atom stereocenters. The number of hydrogen-bond acceptors (Lipinski definition) is 2. The largest absolute Gasteiger partial charge is 0.337 e. The van der Waals surface area contributed by atoms with Gasteiger partial charge in [-0.3, -0.25) is 4.79 Å². The Hall–Kier alpha value is -1.34. The lowest BCUT2D eigenvalue weighted by Crippen LogP contribution is -2.27. The van der Waals surface area contributed by atoms with Crippen molar-refractivity contribution in [3.05, 3.63) is 55.9 Å². The molecule has 0 saturated carbocycles. The molecule has 0 radical (unpaired) electrons. The van der Waals surface area contributed by atoms with Crippen LogP contribution in [0.1, 0.15) is 15.9 Å². The minimum atomic E-state index is -1.64. The standard InChI is InChI=1S/C13H9BrF3NOS/c1-18(5-7-4-10(14)20-6-7)13(19)8-2-3-9(15)12(17)11(8)16/h2-4,6H,5H2,1H3. The molecule has 0 aliphatic heterocycles. The van der Waals surface area contributed by atoms with Gasteiger partial charge in [-0.15, -0.1) is 11.3 Å². The lowest BCUT2D eigenvalue weighted by atomic mass is 10.1. The fourth-order valence-electron chi connectivity index (χ4n) is 1.67. The van der Waals surface area contributed by atoms with Gasteiger partial charge in [0.15, 0.2) is 17.5 Å². The normalized spacial score (nSPS) is 10.7. The molecule has 0 aliphatic rings. The van der Waals surface area contributed by atoms with Crippen LogP contribution in [0.3, 0.4) is 0 Å². The van der Waals surface area contributed by atoms with Crippen molar-refractivity contribution < 1.29 is 18.0 Å². The first-order chi connectivity index (χ1) is 9.40. The monoisotopic (exact) mass is 363 g/mol. The Morgan fingerprint density at radius 3 is 2.60 bits per heavy atom. The highest BCUT2D eigenvalue weighted by atomic mass is 79.9. The quantitative estimate of drug-likeness (QED) is 0.748. The molecule has 1 aromatic carbocycles. The highest BCUT2D eigenvalue weighted by Gasteiger charge is 2.21. The van der Waals surface area contributed by atoms with E-state index in [4.69, 9.17) is 0 Å². The summed E-state index contributed by atoms with van der Waals surface area (Å²) in [6.45, 7) is 0.249. The Morgan fingerprint density at radius 2 is 2.00 bits per heavy atom. The van der Waals surface area contributed by atoms with Gasteiger partial charge in [-0.2, -0.15) is 0 Å². The molecular weight excluding hydrogens is 355 g/mol. The first-order valence-electron chi connectivity index (χ1n) is 5.52. The van der Waals surface area contributed by atoms with Crippen molar-refractivity contribution in [2.24, 2.45) is 0 Å². The molecule has 0 unspecified atom stereocenters. The molecule has 106 valence electrons. The molecular formula is C13H9BrF3NOS. The number of nitrogens with zero attached hydrogens (tertiary/aromatic N) is 1. The Balaban J connectivity index is 2.21. The second kappa shape index (κ2) is 5.97. The van der Waals surface area contributed by atoms with Crippen LogP contribution in [0.25, 0.3) is 0 Å². The molecule has 0 saturated heterocycles. The minimum Gasteiger partial charge on any atom is -0.337 e. The lowest BCUT2D eigenvalue weighted by molar-refractivity contribution is 0.0779. The summed E-state index contributed by atoms with van der Waals surface area (Å²) in [4.78, 5) is 13.3. The van der Waals surface area contributed by atoms with Crippen LogP contribution in [0.5, 0.6) is 0 Å². The molecule has 0 N–H and O–H groups in total. The van der Waals surface area contributed by atoms with Gasteiger partial charge in [-0.25, -0.2) is 13.2 Å². The molecule has 0 aliphatic carbocycles. The maximum Gasteiger partial charge on any atom is 0.256 e. The predicted molar refractivity (Wildman–Crippen MR) is 74.1 cm³/mol. The van der Waals surface area contributed by atoms with Crippen LogP contribution in [0, 0.1) is 17.5 Å². The van der Waals surface area contributed by atoms with Crippen LogP contribution in [0.15, 0.2) is 27.4 Å². The third-order valence-electron chi connectivity index (χ3n) is 2.65. The number of carbonyl (C=O) groups is 1. The van der Waals surface area contributed by atoms with E-state index in [0.29, 0.717) is 0 Å². The van der Waals surface area contributed by atoms with Crippen molar-refractivity contribution in [3.8, 4) is 0 Å². The van der Waals surface area contributed by atoms with Crippen molar-refractivity contribution in [1.82, 2.24) is 4.90 Å². The fourth-order valence-corrected chi connectivity index (χ4v) is 2.87. The summed E-state index contributed by atoms with van der Waals surface area (Å²) in [6.07, 6.45) is 0. The number of thiophene rings is 1. The molecule has 2 rings (SSSR count). The first kappa shape index (κ1) is 15.1. The van der Waals surface area contributed by atoms with Crippen molar-refractivity contribution in [3.63, 3.8) is 0 Å². The van der Waals surface area contributed by atoms with Crippen LogP contribution < -0.4 is 0 Å². The average molecular weight is 364 g/mol. The third kappa shape index (κ3) is 3.04. The van der Waals surface area contributed by atoms with Crippen molar-refractivity contribution in [1.29, 1.82) is 0 Å². The Kier molecular flexibility index (Phi) is 4.49. The highest BCUT2D eigenvalue weighted by Crippen LogP contribution is 2.22. The summed E-state index contributed by atoms with van der Waals surface area (Å²) in [7, 11) is 1.47. The topological polar surface area (TPSA) is 20.3 Å². The lowest BCUT2D eigenvalue weighted by Gasteiger charge is -2.17. The summed E-state index contributed by atoms with van der Waals surface area (Å²) < 4.78 is 40.4. The van der Waals surface area contributed by atoms with Gasteiger partial charge >= 0.3 is 0 Å². The number of hydrogen-bond donors (Lipinski definition) is 0. The van der Waals surface area contributed by atoms with Gasteiger partial charge < -0.3 is 4.90 Å². The number of amides is 1. The summed E-state index contributed by atoms with van der Waals surface area (Å²) in [5.41, 5.74) is 0.376. The second-order valence-corrected chi connectivity index (χ2v) is 6.43. The molecule has 0 spiro atoms. The van der Waals surface area contributed by atoms with Crippen LogP contribution >= 0.6 is 27.3 Å². The van der Waals surface area contributed by atoms with Gasteiger partial charge in [0, 0.05) is 13.6 Å². The Labute approximate surface area is 126 Å². The van der Waals surface area contributed by atoms with Gasteiger partial charge in [0.2, 0.25) is 0 Å². The van der Waals surface area contributed by atoms with E-state index in [0.717, 1.165) is 21.5 Å². The van der Waals surface area contributed by atoms with E-state index in [1.807, 2.05) is 11.4 Å². The zero-order valence-electron chi connectivity index (χ0n) is 10.3. The number of carbonyl (C=O) groups excluding carboxylic acids is 1. The van der Waals surface area contributed by atoms with Crippen LogP contribution in [0.2, 0.25) is 0 Å². The smallest absolute Gasteiger partial charge is 0.256 e. The van der Waals surface area contributed by atoms with Crippen molar-refractivity contribution >= 4 is 33.2 Å². The predicted octanol–water partition coefficient (Wildman–Crippen LogP) is 4.20. The first-order valence-corrected chi connectivity index (χ1v) is 7.19. The number of halogens is 4. The summed E-state index contributed by atoms with van der Waals surface area (Å²) in [6, 6.07) is 3.51. The molecule has 0 fully saturated rings. The maximum absolute atomic E-state index is 13.5. The maximum atomic E-state index is 13.5. The van der Waals surface area contributed by atoms with Gasteiger partial charge in [0.1, 0.15) is 0 Å². The zero-order chi connectivity index (χ0) is 14.9. The molecule has 2 aromatic rings. The van der Waals surface area contributed by atoms with E-state index in [1.165, 1.54) is 23.3 Å². The molecule has 0 bridgehead atoms. The van der Waals surface area contributed by atoms with E-state index >= 15 is 0 Å². The van der Waals surface area contributed by atoms with Crippen molar-refractivity contribution in [2.45, 2.75) is 6.54 Å². The number of rotatable bonds is 3. The third-order valence-corrected chi connectivity index (χ3v) is 4.21. The molecule has 1 heterocycles. The van der Waals surface area contributed by atoms with Crippen molar-refractivity contribution in [2.75, 3.05) is 7.05 Å².